The summed E-state index contributed by atoms with van der Waals surface area (Å²) in [5.41, 5.74) is 0.234. The fraction of sp³-hybridized carbons (Fsp3) is 0.100. The van der Waals surface area contributed by atoms with Crippen LogP contribution < -0.4 is 4.74 Å². The second-order valence-electron chi connectivity index (χ2n) is 2.98. The highest BCUT2D eigenvalue weighted by Gasteiger charge is 2.19. The van der Waals surface area contributed by atoms with Gasteiger partial charge in [-0.05, 0) is 12.1 Å². The topological polar surface area (TPSA) is 78.4 Å². The summed E-state index contributed by atoms with van der Waals surface area (Å²) < 4.78 is 10.0. The van der Waals surface area contributed by atoms with Crippen molar-refractivity contribution in [1.82, 2.24) is 4.98 Å². The third kappa shape index (κ3) is 1.72. The molecule has 0 unspecified atom stereocenters. The minimum absolute atomic E-state index is 0.0664. The van der Waals surface area contributed by atoms with E-state index in [0.717, 1.165) is 0 Å². The highest BCUT2D eigenvalue weighted by atomic mass is 16.6. The van der Waals surface area contributed by atoms with Crippen LogP contribution in [0.25, 0.3) is 11.5 Å². The van der Waals surface area contributed by atoms with Gasteiger partial charge in [0.25, 0.3) is 5.69 Å². The predicted molar refractivity (Wildman–Crippen MR) is 55.1 cm³/mol. The van der Waals surface area contributed by atoms with Crippen LogP contribution in [0, 0.1) is 10.1 Å². The summed E-state index contributed by atoms with van der Waals surface area (Å²) in [4.78, 5) is 14.2. The van der Waals surface area contributed by atoms with Crippen molar-refractivity contribution in [3.05, 3.63) is 40.8 Å². The molecule has 0 aliphatic heterocycles. The van der Waals surface area contributed by atoms with Gasteiger partial charge in [-0.3, -0.25) is 10.1 Å². The molecule has 0 atom stereocenters. The number of nitrogens with zero attached hydrogens (tertiary/aromatic N) is 2. The largest absolute Gasteiger partial charge is 0.497 e. The molecule has 6 heteroatoms. The molecule has 2 aromatic rings. The number of hydrogen-bond donors (Lipinski definition) is 0. The molecule has 0 amide bonds. The van der Waals surface area contributed by atoms with Gasteiger partial charge >= 0.3 is 0 Å². The van der Waals surface area contributed by atoms with E-state index in [1.54, 1.807) is 0 Å². The van der Waals surface area contributed by atoms with E-state index >= 15 is 0 Å². The van der Waals surface area contributed by atoms with Gasteiger partial charge in [0.05, 0.1) is 18.2 Å². The van der Waals surface area contributed by atoms with Gasteiger partial charge in [0.1, 0.15) is 17.6 Å². The minimum atomic E-state index is -0.487. The molecule has 0 saturated heterocycles. The Labute approximate surface area is 90.6 Å². The van der Waals surface area contributed by atoms with Gasteiger partial charge < -0.3 is 9.15 Å². The van der Waals surface area contributed by atoms with Crippen molar-refractivity contribution in [2.45, 2.75) is 0 Å². The maximum atomic E-state index is 10.8. The van der Waals surface area contributed by atoms with Crippen molar-refractivity contribution in [3.63, 3.8) is 0 Å². The molecule has 16 heavy (non-hydrogen) atoms. The van der Waals surface area contributed by atoms with Crippen molar-refractivity contribution in [2.24, 2.45) is 0 Å². The van der Waals surface area contributed by atoms with Crippen molar-refractivity contribution >= 4 is 5.69 Å². The summed E-state index contributed by atoms with van der Waals surface area (Å²) in [7, 11) is 1.49. The number of nitro groups is 1. The number of methoxy groups -OCH3 is 1. The molecule has 1 aromatic heterocycles. The van der Waals surface area contributed by atoms with Crippen LogP contribution in [0.15, 0.2) is 35.1 Å². The zero-order valence-corrected chi connectivity index (χ0v) is 8.41. The number of ether oxygens (including phenoxy) is 1. The van der Waals surface area contributed by atoms with E-state index in [-0.39, 0.29) is 11.6 Å². The average Bonchev–Trinajstić information content (AvgIpc) is 2.81. The van der Waals surface area contributed by atoms with Crippen molar-refractivity contribution in [1.29, 1.82) is 0 Å². The fourth-order valence-electron chi connectivity index (χ4n) is 1.33. The van der Waals surface area contributed by atoms with E-state index in [1.807, 2.05) is 0 Å². The maximum Gasteiger partial charge on any atom is 0.282 e. The van der Waals surface area contributed by atoms with Crippen LogP contribution in [0.1, 0.15) is 0 Å². The molecule has 1 heterocycles. The first kappa shape index (κ1) is 10.2. The molecule has 2 rings (SSSR count). The van der Waals surface area contributed by atoms with Gasteiger partial charge in [-0.2, -0.15) is 0 Å². The Bertz CT molecular complexity index is 508. The van der Waals surface area contributed by atoms with E-state index in [4.69, 9.17) is 9.15 Å². The molecular weight excluding hydrogens is 212 g/mol. The molecule has 0 radical (unpaired) electrons. The molecule has 0 aliphatic carbocycles. The first-order valence-corrected chi connectivity index (χ1v) is 4.44. The highest BCUT2D eigenvalue weighted by Crippen LogP contribution is 2.31. The number of nitro benzene ring substituents is 1. The zero-order chi connectivity index (χ0) is 11.5. The zero-order valence-electron chi connectivity index (χ0n) is 8.41. The average molecular weight is 220 g/mol. The minimum Gasteiger partial charge on any atom is -0.497 e. The lowest BCUT2D eigenvalue weighted by Gasteiger charge is -2.02. The van der Waals surface area contributed by atoms with Crippen LogP contribution in [-0.2, 0) is 0 Å². The molecule has 0 bridgehead atoms. The second-order valence-corrected chi connectivity index (χ2v) is 2.98. The summed E-state index contributed by atoms with van der Waals surface area (Å²) >= 11 is 0. The third-order valence-corrected chi connectivity index (χ3v) is 2.06. The molecule has 1 aromatic carbocycles. The number of benzene rings is 1. The second kappa shape index (κ2) is 4.01. The number of hydrogen-bond acceptors (Lipinski definition) is 5. The van der Waals surface area contributed by atoms with Gasteiger partial charge in [-0.1, -0.05) is 0 Å². The van der Waals surface area contributed by atoms with Crippen molar-refractivity contribution in [3.8, 4) is 17.2 Å². The molecule has 6 nitrogen and oxygen atoms in total. The van der Waals surface area contributed by atoms with E-state index in [1.165, 1.54) is 37.8 Å². The normalized spacial score (nSPS) is 10.1. The Morgan fingerprint density at radius 2 is 2.31 bits per heavy atom. The van der Waals surface area contributed by atoms with E-state index in [0.29, 0.717) is 11.3 Å². The Morgan fingerprint density at radius 3 is 2.88 bits per heavy atom. The Hall–Kier alpha value is -2.37. The molecule has 0 saturated carbocycles. The van der Waals surface area contributed by atoms with Gasteiger partial charge in [-0.25, -0.2) is 4.98 Å². The van der Waals surface area contributed by atoms with Crippen molar-refractivity contribution in [2.75, 3.05) is 7.11 Å². The summed E-state index contributed by atoms with van der Waals surface area (Å²) in [5.74, 6) is 0.712. The molecule has 0 fully saturated rings. The summed E-state index contributed by atoms with van der Waals surface area (Å²) in [6.45, 7) is 0. The van der Waals surface area contributed by atoms with E-state index < -0.39 is 4.92 Å². The van der Waals surface area contributed by atoms with Gasteiger partial charge in [0.15, 0.2) is 0 Å². The summed E-state index contributed by atoms with van der Waals surface area (Å²) in [6.07, 6.45) is 2.79. The summed E-state index contributed by atoms with van der Waals surface area (Å²) in [6, 6.07) is 4.40. The van der Waals surface area contributed by atoms with Crippen LogP contribution in [0.2, 0.25) is 0 Å². The summed E-state index contributed by atoms with van der Waals surface area (Å²) in [5, 5.41) is 10.8. The van der Waals surface area contributed by atoms with Crippen LogP contribution in [0.3, 0.4) is 0 Å². The Kier molecular flexibility index (Phi) is 2.55. The highest BCUT2D eigenvalue weighted by molar-refractivity contribution is 5.68. The lowest BCUT2D eigenvalue weighted by molar-refractivity contribution is -0.384. The number of oxazole rings is 1. The van der Waals surface area contributed by atoms with Gasteiger partial charge in [0.2, 0.25) is 5.89 Å². The van der Waals surface area contributed by atoms with Crippen LogP contribution in [0.4, 0.5) is 5.69 Å². The van der Waals surface area contributed by atoms with Gasteiger partial charge in [0, 0.05) is 6.07 Å². The van der Waals surface area contributed by atoms with Crippen LogP contribution in [-0.4, -0.2) is 17.0 Å². The Balaban J connectivity index is 2.59. The van der Waals surface area contributed by atoms with Gasteiger partial charge in [-0.15, -0.1) is 0 Å². The van der Waals surface area contributed by atoms with Crippen molar-refractivity contribution < 1.29 is 14.1 Å². The Morgan fingerprint density at radius 1 is 1.50 bits per heavy atom. The quantitative estimate of drug-likeness (QED) is 0.585. The lowest BCUT2D eigenvalue weighted by atomic mass is 10.1. The monoisotopic (exact) mass is 220 g/mol. The molecule has 0 N–H and O–H groups in total. The number of rotatable bonds is 3. The molecule has 0 aliphatic rings. The number of aromatic nitrogens is 1. The third-order valence-electron chi connectivity index (χ3n) is 2.06. The van der Waals surface area contributed by atoms with Crippen LogP contribution in [0.5, 0.6) is 5.75 Å². The maximum absolute atomic E-state index is 10.8. The molecular formula is C10H8N2O4. The smallest absolute Gasteiger partial charge is 0.282 e. The first-order chi connectivity index (χ1) is 7.72. The molecule has 0 spiro atoms. The predicted octanol–water partition coefficient (Wildman–Crippen LogP) is 2.26. The van der Waals surface area contributed by atoms with E-state index in [2.05, 4.69) is 4.98 Å². The fourth-order valence-corrected chi connectivity index (χ4v) is 1.33. The SMILES string of the molecule is COc1ccc([N+](=O)[O-])c(-c2ncco2)c1. The van der Waals surface area contributed by atoms with Crippen LogP contribution >= 0.6 is 0 Å². The standard InChI is InChI=1S/C10H8N2O4/c1-15-7-2-3-9(12(13)14)8(6-7)10-11-4-5-16-10/h2-6H,1H3. The lowest BCUT2D eigenvalue weighted by Crippen LogP contribution is -1.93. The first-order valence-electron chi connectivity index (χ1n) is 4.44. The molecule has 82 valence electrons. The van der Waals surface area contributed by atoms with E-state index in [9.17, 15) is 10.1 Å².